The number of benzene rings is 2. The van der Waals surface area contributed by atoms with Gasteiger partial charge in [-0.1, -0.05) is 86.1 Å². The van der Waals surface area contributed by atoms with Crippen molar-refractivity contribution in [1.29, 1.82) is 0 Å². The lowest BCUT2D eigenvalue weighted by Crippen LogP contribution is -2.58. The molecule has 44 heavy (non-hydrogen) atoms. The highest BCUT2D eigenvalue weighted by molar-refractivity contribution is 5.89. The van der Waals surface area contributed by atoms with Crippen LogP contribution < -0.4 is 4.74 Å². The molecule has 2 aromatic rings. The summed E-state index contributed by atoms with van der Waals surface area (Å²) in [6, 6.07) is 6.75. The van der Waals surface area contributed by atoms with E-state index in [4.69, 9.17) is 4.74 Å². The SMILES string of the molecule is CC(C)c1cc2c(cc1O)[C@@]1(C)CCC[C@](C)(CO)C1[C@H]1Oc3c(C(C)C)cc4c(c3[C@@H]21)C1=CCC[C@](C)(CO)[C@]1(C)C=C4. The monoisotopic (exact) mass is 596 g/mol. The molecule has 5 aliphatic rings. The Morgan fingerprint density at radius 2 is 1.64 bits per heavy atom. The highest BCUT2D eigenvalue weighted by Gasteiger charge is 2.63. The average molecular weight is 597 g/mol. The zero-order valence-electron chi connectivity index (χ0n) is 28.1. The number of hydrogen-bond acceptors (Lipinski definition) is 4. The van der Waals surface area contributed by atoms with Crippen molar-refractivity contribution in [2.75, 3.05) is 13.2 Å². The van der Waals surface area contributed by atoms with Crippen LogP contribution in [0.25, 0.3) is 11.6 Å². The van der Waals surface area contributed by atoms with Crippen molar-refractivity contribution in [3.63, 3.8) is 0 Å². The molecule has 1 aliphatic heterocycles. The van der Waals surface area contributed by atoms with Gasteiger partial charge in [-0.15, -0.1) is 0 Å². The first-order chi connectivity index (χ1) is 20.7. The minimum atomic E-state index is -0.299. The van der Waals surface area contributed by atoms with Crippen molar-refractivity contribution < 1.29 is 20.1 Å². The van der Waals surface area contributed by atoms with Gasteiger partial charge in [-0.05, 0) is 99.4 Å². The van der Waals surface area contributed by atoms with Crippen LogP contribution in [-0.2, 0) is 5.41 Å². The molecule has 1 saturated carbocycles. The summed E-state index contributed by atoms with van der Waals surface area (Å²) in [4.78, 5) is 0. The van der Waals surface area contributed by atoms with Crippen LogP contribution in [0, 0.1) is 22.2 Å². The number of aliphatic hydroxyl groups excluding tert-OH is 2. The fraction of sp³-hybridized carbons (Fsp3) is 0.600. The van der Waals surface area contributed by atoms with E-state index in [9.17, 15) is 15.3 Å². The van der Waals surface area contributed by atoms with Crippen LogP contribution in [-0.4, -0.2) is 34.6 Å². The molecule has 1 unspecified atom stereocenters. The van der Waals surface area contributed by atoms with Crippen LogP contribution in [0.4, 0.5) is 0 Å². The van der Waals surface area contributed by atoms with E-state index < -0.39 is 0 Å². The van der Waals surface area contributed by atoms with Crippen molar-refractivity contribution in [2.24, 2.45) is 22.2 Å². The maximum absolute atomic E-state index is 11.4. The third-order valence-corrected chi connectivity index (χ3v) is 13.3. The third-order valence-electron chi connectivity index (χ3n) is 13.3. The topological polar surface area (TPSA) is 69.9 Å². The van der Waals surface area contributed by atoms with Crippen LogP contribution in [0.1, 0.15) is 144 Å². The second-order valence-electron chi connectivity index (χ2n) is 16.5. The molecule has 1 fully saturated rings. The van der Waals surface area contributed by atoms with Crippen LogP contribution in [0.2, 0.25) is 0 Å². The first-order valence-corrected chi connectivity index (χ1v) is 17.1. The number of ether oxygens (including phenoxy) is 1. The predicted molar refractivity (Wildman–Crippen MR) is 178 cm³/mol. The van der Waals surface area contributed by atoms with Gasteiger partial charge in [0.05, 0.1) is 5.92 Å². The molecule has 2 aromatic carbocycles. The molecular weight excluding hydrogens is 544 g/mol. The van der Waals surface area contributed by atoms with Gasteiger partial charge in [0.25, 0.3) is 0 Å². The van der Waals surface area contributed by atoms with Gasteiger partial charge in [0.2, 0.25) is 0 Å². The summed E-state index contributed by atoms with van der Waals surface area (Å²) in [7, 11) is 0. The van der Waals surface area contributed by atoms with E-state index in [0.29, 0.717) is 5.75 Å². The van der Waals surface area contributed by atoms with E-state index in [2.05, 4.69) is 91.8 Å². The van der Waals surface area contributed by atoms with Crippen molar-refractivity contribution in [3.05, 3.63) is 69.3 Å². The number of allylic oxidation sites excluding steroid dienone is 3. The quantitative estimate of drug-likeness (QED) is 0.330. The smallest absolute Gasteiger partial charge is 0.127 e. The molecular formula is C40H52O4. The molecule has 0 spiro atoms. The van der Waals surface area contributed by atoms with E-state index in [1.807, 2.05) is 0 Å². The van der Waals surface area contributed by atoms with Crippen molar-refractivity contribution in [1.82, 2.24) is 0 Å². The first kappa shape index (κ1) is 30.1. The lowest BCUT2D eigenvalue weighted by molar-refractivity contribution is -0.0740. The molecule has 0 radical (unpaired) electrons. The molecule has 4 heteroatoms. The number of phenolic OH excluding ortho intramolecular Hbond substituents is 1. The maximum atomic E-state index is 11.4. The molecule has 0 amide bonds. The first-order valence-electron chi connectivity index (χ1n) is 17.1. The normalized spacial score (nSPS) is 36.5. The van der Waals surface area contributed by atoms with Gasteiger partial charge in [-0.3, -0.25) is 0 Å². The Hall–Kier alpha value is -2.56. The van der Waals surface area contributed by atoms with E-state index in [-0.39, 0.29) is 64.6 Å². The zero-order valence-corrected chi connectivity index (χ0v) is 28.1. The summed E-state index contributed by atoms with van der Waals surface area (Å²) >= 11 is 0. The van der Waals surface area contributed by atoms with Crippen LogP contribution in [0.5, 0.6) is 11.5 Å². The highest BCUT2D eigenvalue weighted by Crippen LogP contribution is 2.68. The minimum absolute atomic E-state index is 0.00782. The molecule has 236 valence electrons. The molecule has 4 nitrogen and oxygen atoms in total. The fourth-order valence-corrected chi connectivity index (χ4v) is 10.5. The Morgan fingerprint density at radius 3 is 2.30 bits per heavy atom. The summed E-state index contributed by atoms with van der Waals surface area (Å²) in [5.41, 5.74) is 8.81. The molecule has 0 bridgehead atoms. The van der Waals surface area contributed by atoms with Crippen molar-refractivity contribution >= 4 is 11.6 Å². The number of rotatable bonds is 4. The Balaban J connectivity index is 1.58. The molecule has 1 heterocycles. The van der Waals surface area contributed by atoms with Crippen LogP contribution in [0.3, 0.4) is 0 Å². The number of fused-ring (bicyclic) bond motifs is 12. The molecule has 0 saturated heterocycles. The summed E-state index contributed by atoms with van der Waals surface area (Å²) in [5.74, 6) is 1.97. The number of aliphatic hydroxyl groups is 2. The minimum Gasteiger partial charge on any atom is -0.508 e. The average Bonchev–Trinajstić information content (AvgIpc) is 3.36. The van der Waals surface area contributed by atoms with Gasteiger partial charge in [0, 0.05) is 35.5 Å². The van der Waals surface area contributed by atoms with E-state index in [1.54, 1.807) is 0 Å². The van der Waals surface area contributed by atoms with Crippen molar-refractivity contribution in [2.45, 2.75) is 117 Å². The number of aromatic hydroxyl groups is 1. The van der Waals surface area contributed by atoms with Crippen molar-refractivity contribution in [3.8, 4) is 11.5 Å². The predicted octanol–water partition coefficient (Wildman–Crippen LogP) is 8.81. The van der Waals surface area contributed by atoms with Gasteiger partial charge in [-0.2, -0.15) is 0 Å². The van der Waals surface area contributed by atoms with Crippen LogP contribution in [0.15, 0.2) is 30.4 Å². The maximum Gasteiger partial charge on any atom is 0.127 e. The number of hydrogen-bond donors (Lipinski definition) is 3. The largest absolute Gasteiger partial charge is 0.508 e. The highest BCUT2D eigenvalue weighted by atomic mass is 16.5. The van der Waals surface area contributed by atoms with E-state index in [1.165, 1.54) is 39.0 Å². The second-order valence-corrected chi connectivity index (χ2v) is 16.5. The fourth-order valence-electron chi connectivity index (χ4n) is 10.5. The Kier molecular flexibility index (Phi) is 6.65. The molecule has 7 atom stereocenters. The number of phenols is 1. The molecule has 4 aliphatic carbocycles. The third kappa shape index (κ3) is 3.70. The summed E-state index contributed by atoms with van der Waals surface area (Å²) in [6.07, 6.45) is 11.9. The molecule has 3 N–H and O–H groups in total. The van der Waals surface area contributed by atoms with Gasteiger partial charge in [0.15, 0.2) is 0 Å². The van der Waals surface area contributed by atoms with Gasteiger partial charge in [-0.25, -0.2) is 0 Å². The summed E-state index contributed by atoms with van der Waals surface area (Å²) in [6.45, 7) is 18.3. The Morgan fingerprint density at radius 1 is 0.909 bits per heavy atom. The van der Waals surface area contributed by atoms with Gasteiger partial charge >= 0.3 is 0 Å². The molecule has 7 rings (SSSR count). The van der Waals surface area contributed by atoms with E-state index in [0.717, 1.165) is 43.4 Å². The zero-order chi connectivity index (χ0) is 31.6. The van der Waals surface area contributed by atoms with Gasteiger partial charge in [0.1, 0.15) is 17.6 Å². The van der Waals surface area contributed by atoms with Gasteiger partial charge < -0.3 is 20.1 Å². The molecule has 0 aromatic heterocycles. The second kappa shape index (κ2) is 9.72. The van der Waals surface area contributed by atoms with Crippen LogP contribution >= 0.6 is 0 Å². The lowest BCUT2D eigenvalue weighted by Gasteiger charge is -2.58. The summed E-state index contributed by atoms with van der Waals surface area (Å²) < 4.78 is 7.41. The standard InChI is InChI=1S/C40H52O4/c1-22(2)25-18-27-29(19-30(25)43)39(7)15-10-13-37(5,20-41)36(39)35-32(27)33-31-24(17-26(23(3)4)34(33)44-35)12-16-40(8)28(31)11-9-14-38(40,6)21-42/h11-12,16-19,22-23,32,35-36,41-43H,9-10,13-15,20-21H2,1-8H3/t32-,35+,36?,37-,38-,39-,40-/m1/s1. The lowest BCUT2D eigenvalue weighted by atomic mass is 9.46. The van der Waals surface area contributed by atoms with E-state index >= 15 is 0 Å². The summed E-state index contributed by atoms with van der Waals surface area (Å²) in [5, 5.41) is 33.2. The Bertz CT molecular complexity index is 1600. The Labute approximate surface area is 264 Å².